The summed E-state index contributed by atoms with van der Waals surface area (Å²) in [5.41, 5.74) is 9.37. The Kier molecular flexibility index (Phi) is 3.30. The predicted molar refractivity (Wildman–Crippen MR) is 73.7 cm³/mol. The molecule has 0 aliphatic carbocycles. The van der Waals surface area contributed by atoms with E-state index in [0.29, 0.717) is 6.04 Å². The quantitative estimate of drug-likeness (QED) is 0.801. The first kappa shape index (κ1) is 12.9. The summed E-state index contributed by atoms with van der Waals surface area (Å²) in [7, 11) is 4.09. The van der Waals surface area contributed by atoms with E-state index in [2.05, 4.69) is 4.90 Å². The number of carbonyl (C=O) groups is 1. The molecule has 0 spiro atoms. The average molecular weight is 247 g/mol. The molecule has 0 radical (unpaired) electrons. The molecule has 2 N–H and O–H groups in total. The minimum Gasteiger partial charge on any atom is -0.399 e. The van der Waals surface area contributed by atoms with Crippen LogP contribution in [0.4, 0.5) is 5.69 Å². The van der Waals surface area contributed by atoms with Crippen LogP contribution in [0.1, 0.15) is 21.5 Å². The van der Waals surface area contributed by atoms with Crippen molar-refractivity contribution >= 4 is 11.6 Å². The number of amides is 1. The van der Waals surface area contributed by atoms with Gasteiger partial charge in [-0.15, -0.1) is 0 Å². The molecule has 2 rings (SSSR count). The molecule has 1 aliphatic heterocycles. The second-order valence-electron chi connectivity index (χ2n) is 5.28. The molecule has 4 nitrogen and oxygen atoms in total. The number of hydrogen-bond donors (Lipinski definition) is 1. The SMILES string of the molecule is Cc1c(N)ccc(C(=O)N2CC(N(C)C)C2)c1C. The lowest BCUT2D eigenvalue weighted by molar-refractivity contribution is 0.0398. The number of anilines is 1. The Hall–Kier alpha value is -1.55. The first-order valence-electron chi connectivity index (χ1n) is 6.23. The summed E-state index contributed by atoms with van der Waals surface area (Å²) in [6, 6.07) is 4.14. The molecule has 0 aromatic heterocycles. The van der Waals surface area contributed by atoms with Gasteiger partial charge in [-0.2, -0.15) is 0 Å². The van der Waals surface area contributed by atoms with E-state index in [0.717, 1.165) is 35.5 Å². The minimum absolute atomic E-state index is 0.119. The highest BCUT2D eigenvalue weighted by molar-refractivity contribution is 5.97. The summed E-state index contributed by atoms with van der Waals surface area (Å²) in [5.74, 6) is 0.119. The average Bonchev–Trinajstić information content (AvgIpc) is 2.23. The molecule has 1 fully saturated rings. The van der Waals surface area contributed by atoms with Gasteiger partial charge in [0.05, 0.1) is 0 Å². The van der Waals surface area contributed by atoms with E-state index in [9.17, 15) is 4.79 Å². The van der Waals surface area contributed by atoms with Crippen molar-refractivity contribution in [1.29, 1.82) is 0 Å². The number of likely N-dealkylation sites (tertiary alicyclic amines) is 1. The Morgan fingerprint density at radius 1 is 1.28 bits per heavy atom. The standard InChI is InChI=1S/C14H21N3O/c1-9-10(2)13(15)6-5-12(9)14(18)17-7-11(8-17)16(3)4/h5-6,11H,7-8,15H2,1-4H3. The van der Waals surface area contributed by atoms with Crippen molar-refractivity contribution in [3.8, 4) is 0 Å². The number of likely N-dealkylation sites (N-methyl/N-ethyl adjacent to an activating group) is 1. The maximum atomic E-state index is 12.3. The second-order valence-corrected chi connectivity index (χ2v) is 5.28. The van der Waals surface area contributed by atoms with Crippen LogP contribution in [0.3, 0.4) is 0 Å². The Bertz CT molecular complexity index is 476. The van der Waals surface area contributed by atoms with Crippen molar-refractivity contribution in [2.24, 2.45) is 0 Å². The molecule has 1 aromatic carbocycles. The summed E-state index contributed by atoms with van der Waals surface area (Å²) in [6.45, 7) is 5.55. The van der Waals surface area contributed by atoms with Gasteiger partial charge in [-0.05, 0) is 51.2 Å². The van der Waals surface area contributed by atoms with Crippen LogP contribution in [-0.2, 0) is 0 Å². The maximum Gasteiger partial charge on any atom is 0.254 e. The van der Waals surface area contributed by atoms with E-state index in [-0.39, 0.29) is 5.91 Å². The fourth-order valence-corrected chi connectivity index (χ4v) is 2.19. The fraction of sp³-hybridized carbons (Fsp3) is 0.500. The van der Waals surface area contributed by atoms with Crippen LogP contribution in [0, 0.1) is 13.8 Å². The molecule has 1 saturated heterocycles. The topological polar surface area (TPSA) is 49.6 Å². The van der Waals surface area contributed by atoms with Crippen LogP contribution in [0.2, 0.25) is 0 Å². The Balaban J connectivity index is 2.14. The van der Waals surface area contributed by atoms with Gasteiger partial charge in [-0.25, -0.2) is 0 Å². The number of benzene rings is 1. The second kappa shape index (κ2) is 4.61. The van der Waals surface area contributed by atoms with Gasteiger partial charge in [0.1, 0.15) is 0 Å². The highest BCUT2D eigenvalue weighted by Gasteiger charge is 2.33. The Morgan fingerprint density at radius 2 is 1.89 bits per heavy atom. The molecular weight excluding hydrogens is 226 g/mol. The monoisotopic (exact) mass is 247 g/mol. The smallest absolute Gasteiger partial charge is 0.254 e. The van der Waals surface area contributed by atoms with Gasteiger partial charge < -0.3 is 15.5 Å². The molecule has 1 aliphatic rings. The molecular formula is C14H21N3O. The minimum atomic E-state index is 0.119. The van der Waals surface area contributed by atoms with Gasteiger partial charge in [-0.1, -0.05) is 0 Å². The summed E-state index contributed by atoms with van der Waals surface area (Å²) in [5, 5.41) is 0. The van der Waals surface area contributed by atoms with Crippen molar-refractivity contribution in [3.05, 3.63) is 28.8 Å². The van der Waals surface area contributed by atoms with E-state index in [1.165, 1.54) is 0 Å². The molecule has 0 bridgehead atoms. The third kappa shape index (κ3) is 2.08. The van der Waals surface area contributed by atoms with E-state index in [4.69, 9.17) is 5.73 Å². The molecule has 1 heterocycles. The number of nitrogen functional groups attached to an aromatic ring is 1. The molecule has 98 valence electrons. The highest BCUT2D eigenvalue weighted by Crippen LogP contribution is 2.23. The third-order valence-corrected chi connectivity index (χ3v) is 3.94. The zero-order valence-corrected chi connectivity index (χ0v) is 11.5. The molecule has 0 saturated carbocycles. The summed E-state index contributed by atoms with van der Waals surface area (Å²) < 4.78 is 0. The first-order chi connectivity index (χ1) is 8.41. The number of nitrogens with two attached hydrogens (primary N) is 1. The van der Waals surface area contributed by atoms with E-state index >= 15 is 0 Å². The largest absolute Gasteiger partial charge is 0.399 e. The molecule has 18 heavy (non-hydrogen) atoms. The van der Waals surface area contributed by atoms with Gasteiger partial charge in [0.2, 0.25) is 0 Å². The lowest BCUT2D eigenvalue weighted by Gasteiger charge is -2.43. The lowest BCUT2D eigenvalue weighted by Crippen LogP contribution is -2.59. The molecule has 0 unspecified atom stereocenters. The number of hydrogen-bond acceptors (Lipinski definition) is 3. The summed E-state index contributed by atoms with van der Waals surface area (Å²) in [4.78, 5) is 16.4. The number of nitrogens with zero attached hydrogens (tertiary/aromatic N) is 2. The van der Waals surface area contributed by atoms with Crippen LogP contribution >= 0.6 is 0 Å². The third-order valence-electron chi connectivity index (χ3n) is 3.94. The molecule has 4 heteroatoms. The zero-order chi connectivity index (χ0) is 13.4. The highest BCUT2D eigenvalue weighted by atomic mass is 16.2. The van der Waals surface area contributed by atoms with Crippen LogP contribution in [0.25, 0.3) is 0 Å². The Morgan fingerprint density at radius 3 is 2.44 bits per heavy atom. The lowest BCUT2D eigenvalue weighted by atomic mass is 9.98. The predicted octanol–water partition coefficient (Wildman–Crippen LogP) is 1.27. The fourth-order valence-electron chi connectivity index (χ4n) is 2.19. The van der Waals surface area contributed by atoms with Gasteiger partial charge >= 0.3 is 0 Å². The van der Waals surface area contributed by atoms with Crippen molar-refractivity contribution in [2.45, 2.75) is 19.9 Å². The maximum absolute atomic E-state index is 12.3. The van der Waals surface area contributed by atoms with Crippen LogP contribution in [-0.4, -0.2) is 48.9 Å². The van der Waals surface area contributed by atoms with Gasteiger partial charge in [0.25, 0.3) is 5.91 Å². The van der Waals surface area contributed by atoms with Gasteiger partial charge in [-0.3, -0.25) is 4.79 Å². The summed E-state index contributed by atoms with van der Waals surface area (Å²) >= 11 is 0. The first-order valence-corrected chi connectivity index (χ1v) is 6.23. The van der Waals surface area contributed by atoms with Crippen molar-refractivity contribution in [1.82, 2.24) is 9.80 Å². The van der Waals surface area contributed by atoms with Crippen molar-refractivity contribution < 1.29 is 4.79 Å². The zero-order valence-electron chi connectivity index (χ0n) is 11.5. The van der Waals surface area contributed by atoms with Crippen LogP contribution in [0.15, 0.2) is 12.1 Å². The van der Waals surface area contributed by atoms with Crippen LogP contribution in [0.5, 0.6) is 0 Å². The van der Waals surface area contributed by atoms with Crippen molar-refractivity contribution in [3.63, 3.8) is 0 Å². The molecule has 0 atom stereocenters. The number of carbonyl (C=O) groups excluding carboxylic acids is 1. The van der Waals surface area contributed by atoms with E-state index in [1.54, 1.807) is 0 Å². The Labute approximate surface area is 108 Å². The normalized spacial score (nSPS) is 15.9. The van der Waals surface area contributed by atoms with E-state index in [1.807, 2.05) is 45.0 Å². The molecule has 1 aromatic rings. The van der Waals surface area contributed by atoms with Gasteiger partial charge in [0, 0.05) is 30.4 Å². The van der Waals surface area contributed by atoms with E-state index < -0.39 is 0 Å². The number of rotatable bonds is 2. The van der Waals surface area contributed by atoms with Gasteiger partial charge in [0.15, 0.2) is 0 Å². The van der Waals surface area contributed by atoms with Crippen molar-refractivity contribution in [2.75, 3.05) is 32.9 Å². The molecule has 1 amide bonds. The van der Waals surface area contributed by atoms with Crippen LogP contribution < -0.4 is 5.73 Å². The summed E-state index contributed by atoms with van der Waals surface area (Å²) in [6.07, 6.45) is 0.